The SMILES string of the molecule is C=CCN(CC(=O)N(C)Cc1ccc(OC)cc1)Cc1ccc(Cl)s1. The van der Waals surface area contributed by atoms with E-state index in [1.807, 2.05) is 49.5 Å². The van der Waals surface area contributed by atoms with Gasteiger partial charge < -0.3 is 9.64 Å². The molecule has 0 spiro atoms. The molecule has 2 aromatic rings. The molecule has 0 N–H and O–H groups in total. The van der Waals surface area contributed by atoms with Crippen LogP contribution in [0.3, 0.4) is 0 Å². The second-order valence-corrected chi connectivity index (χ2v) is 7.56. The quantitative estimate of drug-likeness (QED) is 0.617. The predicted octanol–water partition coefficient (Wildman–Crippen LogP) is 4.06. The van der Waals surface area contributed by atoms with E-state index in [0.717, 1.165) is 20.5 Å². The summed E-state index contributed by atoms with van der Waals surface area (Å²) in [4.78, 5) is 17.5. The Bertz CT molecular complexity index is 700. The average molecular weight is 379 g/mol. The second kappa shape index (κ2) is 9.61. The summed E-state index contributed by atoms with van der Waals surface area (Å²) < 4.78 is 5.92. The largest absolute Gasteiger partial charge is 0.497 e. The van der Waals surface area contributed by atoms with Crippen molar-refractivity contribution in [3.8, 4) is 5.75 Å². The molecule has 25 heavy (non-hydrogen) atoms. The fraction of sp³-hybridized carbons (Fsp3) is 0.316. The van der Waals surface area contributed by atoms with Crippen LogP contribution in [0.4, 0.5) is 0 Å². The van der Waals surface area contributed by atoms with Crippen LogP contribution in [-0.4, -0.2) is 43.0 Å². The minimum Gasteiger partial charge on any atom is -0.497 e. The third-order valence-electron chi connectivity index (χ3n) is 3.76. The van der Waals surface area contributed by atoms with Gasteiger partial charge in [-0.2, -0.15) is 0 Å². The Labute approximate surface area is 158 Å². The van der Waals surface area contributed by atoms with E-state index in [0.29, 0.717) is 26.2 Å². The van der Waals surface area contributed by atoms with Crippen LogP contribution in [0.15, 0.2) is 49.1 Å². The highest BCUT2D eigenvalue weighted by atomic mass is 35.5. The highest BCUT2D eigenvalue weighted by Gasteiger charge is 2.15. The van der Waals surface area contributed by atoms with Gasteiger partial charge in [-0.05, 0) is 29.8 Å². The molecule has 1 aromatic heterocycles. The van der Waals surface area contributed by atoms with Crippen molar-refractivity contribution in [3.05, 3.63) is 63.8 Å². The van der Waals surface area contributed by atoms with E-state index in [9.17, 15) is 4.79 Å². The lowest BCUT2D eigenvalue weighted by Gasteiger charge is -2.24. The number of carbonyl (C=O) groups is 1. The molecular formula is C19H23ClN2O2S. The summed E-state index contributed by atoms with van der Waals surface area (Å²) in [6.45, 7) is 6.03. The summed E-state index contributed by atoms with van der Waals surface area (Å²) in [5, 5.41) is 0. The van der Waals surface area contributed by atoms with Gasteiger partial charge in [-0.15, -0.1) is 17.9 Å². The number of likely N-dealkylation sites (N-methyl/N-ethyl adjacent to an activating group) is 1. The normalized spacial score (nSPS) is 10.7. The Balaban J connectivity index is 1.92. The van der Waals surface area contributed by atoms with Crippen LogP contribution in [0.25, 0.3) is 0 Å². The molecule has 1 heterocycles. The van der Waals surface area contributed by atoms with Crippen LogP contribution in [0.5, 0.6) is 5.75 Å². The summed E-state index contributed by atoms with van der Waals surface area (Å²) in [6.07, 6.45) is 1.81. The molecule has 0 saturated carbocycles. The van der Waals surface area contributed by atoms with Crippen molar-refractivity contribution in [2.24, 2.45) is 0 Å². The van der Waals surface area contributed by atoms with Gasteiger partial charge in [0.25, 0.3) is 0 Å². The minimum atomic E-state index is 0.0697. The number of halogens is 1. The molecule has 0 aliphatic heterocycles. The van der Waals surface area contributed by atoms with Gasteiger partial charge in [0, 0.05) is 31.6 Å². The lowest BCUT2D eigenvalue weighted by Crippen LogP contribution is -2.37. The summed E-state index contributed by atoms with van der Waals surface area (Å²) >= 11 is 7.52. The summed E-state index contributed by atoms with van der Waals surface area (Å²) in [7, 11) is 3.46. The van der Waals surface area contributed by atoms with E-state index in [1.165, 1.54) is 11.3 Å². The van der Waals surface area contributed by atoms with E-state index < -0.39 is 0 Å². The maximum atomic E-state index is 12.6. The number of hydrogen-bond acceptors (Lipinski definition) is 4. The summed E-state index contributed by atoms with van der Waals surface area (Å²) in [5.74, 6) is 0.879. The Morgan fingerprint density at radius 1 is 1.24 bits per heavy atom. The van der Waals surface area contributed by atoms with E-state index in [2.05, 4.69) is 11.5 Å². The van der Waals surface area contributed by atoms with Gasteiger partial charge in [0.05, 0.1) is 18.0 Å². The molecule has 134 valence electrons. The fourth-order valence-corrected chi connectivity index (χ4v) is 3.56. The number of methoxy groups -OCH3 is 1. The van der Waals surface area contributed by atoms with E-state index in [4.69, 9.17) is 16.3 Å². The van der Waals surface area contributed by atoms with Crippen molar-refractivity contribution in [2.75, 3.05) is 27.2 Å². The van der Waals surface area contributed by atoms with Crippen LogP contribution in [0.1, 0.15) is 10.4 Å². The van der Waals surface area contributed by atoms with Gasteiger partial charge in [0.15, 0.2) is 0 Å². The third-order valence-corrected chi connectivity index (χ3v) is 4.97. The Morgan fingerprint density at radius 3 is 2.52 bits per heavy atom. The monoisotopic (exact) mass is 378 g/mol. The van der Waals surface area contributed by atoms with Gasteiger partial charge in [0.1, 0.15) is 5.75 Å². The maximum absolute atomic E-state index is 12.6. The van der Waals surface area contributed by atoms with Crippen molar-refractivity contribution in [1.29, 1.82) is 0 Å². The van der Waals surface area contributed by atoms with Crippen LogP contribution in [0, 0.1) is 0 Å². The number of ether oxygens (including phenoxy) is 1. The zero-order valence-electron chi connectivity index (χ0n) is 14.6. The standard InChI is InChI=1S/C19H23ClN2O2S/c1-4-11-22(13-17-9-10-18(20)25-17)14-19(23)21(2)12-15-5-7-16(24-3)8-6-15/h4-10H,1,11-14H2,2-3H3. The van der Waals surface area contributed by atoms with Gasteiger partial charge >= 0.3 is 0 Å². The Kier molecular flexibility index (Phi) is 7.50. The van der Waals surface area contributed by atoms with E-state index in [-0.39, 0.29) is 5.91 Å². The molecular weight excluding hydrogens is 356 g/mol. The highest BCUT2D eigenvalue weighted by molar-refractivity contribution is 7.16. The number of carbonyl (C=O) groups excluding carboxylic acids is 1. The predicted molar refractivity (Wildman–Crippen MR) is 104 cm³/mol. The van der Waals surface area contributed by atoms with Crippen LogP contribution in [0.2, 0.25) is 4.34 Å². The van der Waals surface area contributed by atoms with Gasteiger partial charge in [-0.25, -0.2) is 0 Å². The number of hydrogen-bond donors (Lipinski definition) is 0. The molecule has 2 rings (SSSR count). The first-order valence-electron chi connectivity index (χ1n) is 7.96. The first-order chi connectivity index (χ1) is 12.0. The van der Waals surface area contributed by atoms with E-state index >= 15 is 0 Å². The van der Waals surface area contributed by atoms with E-state index in [1.54, 1.807) is 12.0 Å². The maximum Gasteiger partial charge on any atom is 0.236 e. The number of benzene rings is 1. The molecule has 0 fully saturated rings. The topological polar surface area (TPSA) is 32.8 Å². The van der Waals surface area contributed by atoms with Crippen molar-refractivity contribution in [3.63, 3.8) is 0 Å². The van der Waals surface area contributed by atoms with Crippen molar-refractivity contribution < 1.29 is 9.53 Å². The Hall–Kier alpha value is -1.82. The molecule has 0 atom stereocenters. The number of thiophene rings is 1. The molecule has 1 amide bonds. The number of amides is 1. The van der Waals surface area contributed by atoms with Gasteiger partial charge in [-0.1, -0.05) is 29.8 Å². The molecule has 0 saturated heterocycles. The number of nitrogens with zero attached hydrogens (tertiary/aromatic N) is 2. The third kappa shape index (κ3) is 6.20. The lowest BCUT2D eigenvalue weighted by molar-refractivity contribution is -0.131. The molecule has 0 unspecified atom stereocenters. The van der Waals surface area contributed by atoms with Crippen molar-refractivity contribution in [1.82, 2.24) is 9.80 Å². The van der Waals surface area contributed by atoms with Crippen LogP contribution >= 0.6 is 22.9 Å². The minimum absolute atomic E-state index is 0.0697. The van der Waals surface area contributed by atoms with Crippen molar-refractivity contribution in [2.45, 2.75) is 13.1 Å². The highest BCUT2D eigenvalue weighted by Crippen LogP contribution is 2.22. The smallest absolute Gasteiger partial charge is 0.236 e. The summed E-state index contributed by atoms with van der Waals surface area (Å²) in [6, 6.07) is 11.6. The first kappa shape index (κ1) is 19.5. The summed E-state index contributed by atoms with van der Waals surface area (Å²) in [5.41, 5.74) is 1.07. The molecule has 0 bridgehead atoms. The molecule has 4 nitrogen and oxygen atoms in total. The first-order valence-corrected chi connectivity index (χ1v) is 9.15. The molecule has 0 radical (unpaired) electrons. The van der Waals surface area contributed by atoms with Crippen LogP contribution in [-0.2, 0) is 17.9 Å². The zero-order chi connectivity index (χ0) is 18.2. The van der Waals surface area contributed by atoms with Gasteiger partial charge in [0.2, 0.25) is 5.91 Å². The molecule has 6 heteroatoms. The second-order valence-electron chi connectivity index (χ2n) is 5.76. The van der Waals surface area contributed by atoms with Gasteiger partial charge in [-0.3, -0.25) is 9.69 Å². The lowest BCUT2D eigenvalue weighted by atomic mass is 10.2. The molecule has 0 aliphatic rings. The van der Waals surface area contributed by atoms with Crippen LogP contribution < -0.4 is 4.74 Å². The molecule has 1 aromatic carbocycles. The zero-order valence-corrected chi connectivity index (χ0v) is 16.1. The molecule has 0 aliphatic carbocycles. The average Bonchev–Trinajstić information content (AvgIpc) is 3.00. The fourth-order valence-electron chi connectivity index (χ4n) is 2.43. The Morgan fingerprint density at radius 2 is 1.96 bits per heavy atom. The van der Waals surface area contributed by atoms with Crippen molar-refractivity contribution >= 4 is 28.8 Å². The number of rotatable bonds is 9.